The van der Waals surface area contributed by atoms with Crippen molar-refractivity contribution in [2.75, 3.05) is 11.9 Å². The monoisotopic (exact) mass is 376 g/mol. The number of hydrogen-bond acceptors (Lipinski definition) is 6. The first kappa shape index (κ1) is 16.4. The van der Waals surface area contributed by atoms with E-state index < -0.39 is 0 Å². The molecule has 0 fully saturated rings. The first-order valence-electron chi connectivity index (χ1n) is 9.18. The summed E-state index contributed by atoms with van der Waals surface area (Å²) in [7, 11) is 2.08. The molecule has 0 unspecified atom stereocenters. The molecule has 0 aromatic carbocycles. The summed E-state index contributed by atoms with van der Waals surface area (Å²) in [6, 6.07) is 7.97. The van der Waals surface area contributed by atoms with E-state index >= 15 is 0 Å². The number of fused-ring (bicyclic) bond motifs is 3. The quantitative estimate of drug-likeness (QED) is 0.513. The molecule has 1 aliphatic rings. The van der Waals surface area contributed by atoms with E-state index in [1.54, 1.807) is 6.20 Å². The van der Waals surface area contributed by atoms with E-state index in [0.717, 1.165) is 46.4 Å². The Labute approximate surface area is 161 Å². The summed E-state index contributed by atoms with van der Waals surface area (Å²) in [6.45, 7) is 2.65. The molecular formula is C21H20N4OS. The Hall–Kier alpha value is -2.73. The van der Waals surface area contributed by atoms with Gasteiger partial charge in [-0.1, -0.05) is 0 Å². The number of hydrogen-bond donors (Lipinski definition) is 0. The number of nitrogens with zero attached hydrogens (tertiary/aromatic N) is 4. The van der Waals surface area contributed by atoms with E-state index in [1.807, 2.05) is 48.7 Å². The van der Waals surface area contributed by atoms with Crippen LogP contribution in [0.3, 0.4) is 0 Å². The van der Waals surface area contributed by atoms with E-state index in [9.17, 15) is 0 Å². The number of furan rings is 1. The lowest BCUT2D eigenvalue weighted by molar-refractivity contribution is 0.481. The minimum Gasteiger partial charge on any atom is -0.464 e. The van der Waals surface area contributed by atoms with Gasteiger partial charge in [-0.2, -0.15) is 0 Å². The number of thiophene rings is 1. The minimum atomic E-state index is 0.678. The first-order chi connectivity index (χ1) is 13.2. The SMILES string of the molecule is Cc1ccc(CN(C)c2nc(-c3cccnc3)nc3sc4c(c23)CCC4)o1. The third-order valence-electron chi connectivity index (χ3n) is 5.02. The van der Waals surface area contributed by atoms with Crippen molar-refractivity contribution < 1.29 is 4.42 Å². The third-order valence-corrected chi connectivity index (χ3v) is 6.20. The summed E-state index contributed by atoms with van der Waals surface area (Å²) < 4.78 is 5.78. The molecular weight excluding hydrogens is 356 g/mol. The van der Waals surface area contributed by atoms with Crippen molar-refractivity contribution >= 4 is 27.4 Å². The van der Waals surface area contributed by atoms with Crippen LogP contribution in [0.15, 0.2) is 41.1 Å². The average molecular weight is 376 g/mol. The van der Waals surface area contributed by atoms with Gasteiger partial charge >= 0.3 is 0 Å². The fraction of sp³-hybridized carbons (Fsp3) is 0.286. The van der Waals surface area contributed by atoms with Gasteiger partial charge < -0.3 is 9.32 Å². The van der Waals surface area contributed by atoms with E-state index in [4.69, 9.17) is 14.4 Å². The van der Waals surface area contributed by atoms with Gasteiger partial charge in [0.1, 0.15) is 22.2 Å². The highest BCUT2D eigenvalue weighted by Gasteiger charge is 2.24. The van der Waals surface area contributed by atoms with Crippen molar-refractivity contribution in [2.45, 2.75) is 32.7 Å². The van der Waals surface area contributed by atoms with Gasteiger partial charge in [0, 0.05) is 29.9 Å². The van der Waals surface area contributed by atoms with E-state index in [2.05, 4.69) is 16.9 Å². The van der Waals surface area contributed by atoms with Crippen LogP contribution in [0.25, 0.3) is 21.6 Å². The highest BCUT2D eigenvalue weighted by Crippen LogP contribution is 2.41. The van der Waals surface area contributed by atoms with E-state index in [0.29, 0.717) is 6.54 Å². The molecule has 6 heteroatoms. The Morgan fingerprint density at radius 2 is 2.11 bits per heavy atom. The van der Waals surface area contributed by atoms with Gasteiger partial charge in [-0.3, -0.25) is 4.98 Å². The number of aryl methyl sites for hydroxylation is 3. The van der Waals surface area contributed by atoms with Crippen LogP contribution in [0.5, 0.6) is 0 Å². The Morgan fingerprint density at radius 1 is 1.19 bits per heavy atom. The maximum atomic E-state index is 5.78. The maximum absolute atomic E-state index is 5.78. The molecule has 0 radical (unpaired) electrons. The molecule has 0 atom stereocenters. The zero-order chi connectivity index (χ0) is 18.4. The lowest BCUT2D eigenvalue weighted by atomic mass is 10.1. The van der Waals surface area contributed by atoms with Crippen LogP contribution in [0, 0.1) is 6.92 Å². The molecule has 0 saturated heterocycles. The molecule has 0 spiro atoms. The second kappa shape index (κ2) is 6.46. The largest absolute Gasteiger partial charge is 0.464 e. The molecule has 4 heterocycles. The lowest BCUT2D eigenvalue weighted by Crippen LogP contribution is -2.18. The van der Waals surface area contributed by atoms with Crippen molar-refractivity contribution in [1.29, 1.82) is 0 Å². The highest BCUT2D eigenvalue weighted by molar-refractivity contribution is 7.19. The zero-order valence-corrected chi connectivity index (χ0v) is 16.2. The van der Waals surface area contributed by atoms with Crippen LogP contribution in [0.2, 0.25) is 0 Å². The summed E-state index contributed by atoms with van der Waals surface area (Å²) in [5, 5.41) is 1.21. The number of rotatable bonds is 4. The second-order valence-electron chi connectivity index (χ2n) is 7.02. The molecule has 4 aromatic rings. The smallest absolute Gasteiger partial charge is 0.164 e. The fourth-order valence-electron chi connectivity index (χ4n) is 3.76. The van der Waals surface area contributed by atoms with Gasteiger partial charge in [0.2, 0.25) is 0 Å². The molecule has 1 aliphatic carbocycles. The van der Waals surface area contributed by atoms with Crippen molar-refractivity contribution in [2.24, 2.45) is 0 Å². The van der Waals surface area contributed by atoms with Crippen molar-refractivity contribution in [1.82, 2.24) is 15.0 Å². The Bertz CT molecular complexity index is 1120. The summed E-state index contributed by atoms with van der Waals surface area (Å²) in [5.41, 5.74) is 2.38. The summed E-state index contributed by atoms with van der Waals surface area (Å²) >= 11 is 1.82. The zero-order valence-electron chi connectivity index (χ0n) is 15.4. The third kappa shape index (κ3) is 2.90. The lowest BCUT2D eigenvalue weighted by Gasteiger charge is -2.19. The first-order valence-corrected chi connectivity index (χ1v) is 10.00. The van der Waals surface area contributed by atoms with Gasteiger partial charge in [0.25, 0.3) is 0 Å². The van der Waals surface area contributed by atoms with Crippen LogP contribution in [-0.2, 0) is 19.4 Å². The number of aromatic nitrogens is 3. The molecule has 136 valence electrons. The number of anilines is 1. The normalized spacial score (nSPS) is 13.3. The molecule has 5 rings (SSSR count). The summed E-state index contributed by atoms with van der Waals surface area (Å²) in [4.78, 5) is 18.8. The van der Waals surface area contributed by atoms with Crippen LogP contribution in [0.1, 0.15) is 28.4 Å². The topological polar surface area (TPSA) is 55.1 Å². The number of pyridine rings is 1. The van der Waals surface area contributed by atoms with Crippen molar-refractivity contribution in [3.05, 3.63) is 58.6 Å². The van der Waals surface area contributed by atoms with Crippen LogP contribution in [-0.4, -0.2) is 22.0 Å². The molecule has 5 nitrogen and oxygen atoms in total. The molecule has 0 amide bonds. The Balaban J connectivity index is 1.65. The predicted molar refractivity (Wildman–Crippen MR) is 108 cm³/mol. The standard InChI is InChI=1S/C21H20N4OS/c1-13-8-9-15(26-13)12-25(2)20-18-16-6-3-7-17(16)27-21(18)24-19(23-20)14-5-4-10-22-11-14/h4-5,8-11H,3,6-7,12H2,1-2H3. The Kier molecular flexibility index (Phi) is 3.93. The predicted octanol–water partition coefficient (Wildman–Crippen LogP) is 4.78. The van der Waals surface area contributed by atoms with Crippen molar-refractivity contribution in [3.63, 3.8) is 0 Å². The molecule has 0 aliphatic heterocycles. The Morgan fingerprint density at radius 3 is 2.89 bits per heavy atom. The average Bonchev–Trinajstić information content (AvgIpc) is 3.37. The molecule has 4 aromatic heterocycles. The summed E-state index contributed by atoms with van der Waals surface area (Å²) in [6.07, 6.45) is 7.09. The fourth-order valence-corrected chi connectivity index (χ4v) is 5.01. The van der Waals surface area contributed by atoms with Crippen LogP contribution < -0.4 is 4.90 Å². The van der Waals surface area contributed by atoms with Gasteiger partial charge in [-0.15, -0.1) is 11.3 Å². The molecule has 27 heavy (non-hydrogen) atoms. The van der Waals surface area contributed by atoms with Gasteiger partial charge in [0.05, 0.1) is 11.9 Å². The van der Waals surface area contributed by atoms with Crippen molar-refractivity contribution in [3.8, 4) is 11.4 Å². The molecule has 0 saturated carbocycles. The molecule has 0 N–H and O–H groups in total. The van der Waals surface area contributed by atoms with Gasteiger partial charge in [0.15, 0.2) is 5.82 Å². The highest BCUT2D eigenvalue weighted by atomic mass is 32.1. The van der Waals surface area contributed by atoms with Gasteiger partial charge in [-0.25, -0.2) is 9.97 Å². The van der Waals surface area contributed by atoms with Crippen LogP contribution >= 0.6 is 11.3 Å². The van der Waals surface area contributed by atoms with Crippen LogP contribution in [0.4, 0.5) is 5.82 Å². The minimum absolute atomic E-state index is 0.678. The van der Waals surface area contributed by atoms with Gasteiger partial charge in [-0.05, 0) is 56.0 Å². The van der Waals surface area contributed by atoms with E-state index in [1.165, 1.54) is 22.2 Å². The molecule has 0 bridgehead atoms. The van der Waals surface area contributed by atoms with E-state index in [-0.39, 0.29) is 0 Å². The second-order valence-corrected chi connectivity index (χ2v) is 8.10. The maximum Gasteiger partial charge on any atom is 0.164 e. The summed E-state index contributed by atoms with van der Waals surface area (Å²) in [5.74, 6) is 3.58.